The van der Waals surface area contributed by atoms with E-state index >= 15 is 0 Å². The first-order valence-electron chi connectivity index (χ1n) is 9.01. The first-order chi connectivity index (χ1) is 14.0. The first kappa shape index (κ1) is 21.3. The Morgan fingerprint density at radius 3 is 2.55 bits per heavy atom. The molecule has 0 atom stereocenters. The fourth-order valence-corrected chi connectivity index (χ4v) is 4.36. The standard InChI is InChI=1S/C19H20F2N4O2S2/c20-15-8-7-14(12-16(15)21)29(26,27)24-11-4-1-3-10-23-19-25-18(13-28-19)17-6-2-5-9-22-17/h2,5-9,12-13,24H,1,3-4,10-11H2,(H,23,25). The third-order valence-electron chi connectivity index (χ3n) is 4.05. The zero-order valence-corrected chi connectivity index (χ0v) is 17.1. The van der Waals surface area contributed by atoms with Crippen molar-refractivity contribution < 1.29 is 17.2 Å². The molecule has 0 spiro atoms. The van der Waals surface area contributed by atoms with Crippen LogP contribution in [0.2, 0.25) is 0 Å². The Hall–Kier alpha value is -2.43. The van der Waals surface area contributed by atoms with Gasteiger partial charge in [0, 0.05) is 24.7 Å². The summed E-state index contributed by atoms with van der Waals surface area (Å²) in [6.45, 7) is 0.938. The summed E-state index contributed by atoms with van der Waals surface area (Å²) in [6.07, 6.45) is 3.99. The minimum Gasteiger partial charge on any atom is -0.362 e. The van der Waals surface area contributed by atoms with Gasteiger partial charge in [-0.1, -0.05) is 12.5 Å². The molecule has 0 unspecified atom stereocenters. The van der Waals surface area contributed by atoms with Gasteiger partial charge in [-0.2, -0.15) is 0 Å². The molecule has 2 heterocycles. The van der Waals surface area contributed by atoms with E-state index in [9.17, 15) is 17.2 Å². The van der Waals surface area contributed by atoms with E-state index in [1.807, 2.05) is 23.6 Å². The molecule has 154 valence electrons. The summed E-state index contributed by atoms with van der Waals surface area (Å²) in [7, 11) is -3.85. The minimum atomic E-state index is -3.85. The molecule has 29 heavy (non-hydrogen) atoms. The molecule has 1 aromatic carbocycles. The molecule has 0 aliphatic carbocycles. The lowest BCUT2D eigenvalue weighted by Crippen LogP contribution is -2.25. The minimum absolute atomic E-state index is 0.225. The van der Waals surface area contributed by atoms with Crippen LogP contribution in [0.3, 0.4) is 0 Å². The van der Waals surface area contributed by atoms with E-state index in [-0.39, 0.29) is 11.4 Å². The molecule has 0 aliphatic rings. The van der Waals surface area contributed by atoms with Crippen LogP contribution in [0.4, 0.5) is 13.9 Å². The third-order valence-corrected chi connectivity index (χ3v) is 6.31. The van der Waals surface area contributed by atoms with E-state index in [2.05, 4.69) is 20.0 Å². The molecule has 3 aromatic rings. The van der Waals surface area contributed by atoms with Crippen LogP contribution in [0.1, 0.15) is 19.3 Å². The lowest BCUT2D eigenvalue weighted by molar-refractivity contribution is 0.504. The highest BCUT2D eigenvalue weighted by Crippen LogP contribution is 2.23. The molecule has 0 saturated carbocycles. The number of thiazole rings is 1. The van der Waals surface area contributed by atoms with Gasteiger partial charge in [0.25, 0.3) is 0 Å². The number of unbranched alkanes of at least 4 members (excludes halogenated alkanes) is 2. The molecule has 0 radical (unpaired) electrons. The number of benzene rings is 1. The summed E-state index contributed by atoms with van der Waals surface area (Å²) in [5.41, 5.74) is 1.65. The number of nitrogens with one attached hydrogen (secondary N) is 2. The van der Waals surface area contributed by atoms with Gasteiger partial charge in [-0.3, -0.25) is 4.98 Å². The number of rotatable bonds is 10. The van der Waals surface area contributed by atoms with Crippen LogP contribution in [-0.4, -0.2) is 31.5 Å². The Bertz CT molecular complexity index is 1040. The monoisotopic (exact) mass is 438 g/mol. The van der Waals surface area contributed by atoms with Crippen molar-refractivity contribution in [3.05, 3.63) is 59.6 Å². The van der Waals surface area contributed by atoms with Crippen molar-refractivity contribution in [3.63, 3.8) is 0 Å². The highest BCUT2D eigenvalue weighted by atomic mass is 32.2. The Labute approximate surface area is 172 Å². The Kier molecular flexibility index (Phi) is 7.24. The zero-order chi connectivity index (χ0) is 20.7. The van der Waals surface area contributed by atoms with Gasteiger partial charge in [0.15, 0.2) is 16.8 Å². The van der Waals surface area contributed by atoms with Gasteiger partial charge in [-0.05, 0) is 43.2 Å². The fraction of sp³-hybridized carbons (Fsp3) is 0.263. The van der Waals surface area contributed by atoms with Crippen molar-refractivity contribution in [3.8, 4) is 11.4 Å². The van der Waals surface area contributed by atoms with Crippen molar-refractivity contribution in [2.75, 3.05) is 18.4 Å². The van der Waals surface area contributed by atoms with Crippen molar-refractivity contribution >= 4 is 26.5 Å². The van der Waals surface area contributed by atoms with E-state index in [1.54, 1.807) is 6.20 Å². The normalized spacial score (nSPS) is 11.5. The van der Waals surface area contributed by atoms with Crippen molar-refractivity contribution in [2.45, 2.75) is 24.2 Å². The second kappa shape index (κ2) is 9.86. The van der Waals surface area contributed by atoms with Crippen molar-refractivity contribution in [1.29, 1.82) is 0 Å². The maximum absolute atomic E-state index is 13.2. The molecule has 0 amide bonds. The van der Waals surface area contributed by atoms with Gasteiger partial charge in [0.2, 0.25) is 10.0 Å². The van der Waals surface area contributed by atoms with Crippen LogP contribution in [0.5, 0.6) is 0 Å². The average molecular weight is 439 g/mol. The topological polar surface area (TPSA) is 84.0 Å². The second-order valence-electron chi connectivity index (χ2n) is 6.21. The molecular formula is C19H20F2N4O2S2. The summed E-state index contributed by atoms with van der Waals surface area (Å²) < 4.78 is 52.6. The molecule has 10 heteroatoms. The molecular weight excluding hydrogens is 418 g/mol. The molecule has 6 nitrogen and oxygen atoms in total. The number of hydrogen-bond acceptors (Lipinski definition) is 6. The number of anilines is 1. The number of pyridine rings is 1. The molecule has 0 aliphatic heterocycles. The van der Waals surface area contributed by atoms with Gasteiger partial charge < -0.3 is 5.32 Å². The molecule has 0 bridgehead atoms. The number of halogens is 2. The highest BCUT2D eigenvalue weighted by Gasteiger charge is 2.15. The third kappa shape index (κ3) is 6.02. The van der Waals surface area contributed by atoms with Crippen LogP contribution in [0.15, 0.2) is 52.9 Å². The van der Waals surface area contributed by atoms with Gasteiger partial charge in [0.1, 0.15) is 5.69 Å². The van der Waals surface area contributed by atoms with Crippen LogP contribution in [-0.2, 0) is 10.0 Å². The number of aromatic nitrogens is 2. The van der Waals surface area contributed by atoms with Crippen molar-refractivity contribution in [1.82, 2.24) is 14.7 Å². The maximum atomic E-state index is 13.2. The fourth-order valence-electron chi connectivity index (χ4n) is 2.54. The molecule has 0 fully saturated rings. The second-order valence-corrected chi connectivity index (χ2v) is 8.84. The number of sulfonamides is 1. The lowest BCUT2D eigenvalue weighted by Gasteiger charge is -2.07. The molecule has 2 aromatic heterocycles. The van der Waals surface area contributed by atoms with Gasteiger partial charge in [-0.25, -0.2) is 26.9 Å². The van der Waals surface area contributed by atoms with Gasteiger partial charge in [0.05, 0.1) is 10.6 Å². The number of hydrogen-bond donors (Lipinski definition) is 2. The number of nitrogens with zero attached hydrogens (tertiary/aromatic N) is 2. The summed E-state index contributed by atoms with van der Waals surface area (Å²) in [4.78, 5) is 8.47. The van der Waals surface area contributed by atoms with Crippen molar-refractivity contribution in [2.24, 2.45) is 0 Å². The first-order valence-corrected chi connectivity index (χ1v) is 11.4. The largest absolute Gasteiger partial charge is 0.362 e. The lowest BCUT2D eigenvalue weighted by atomic mass is 10.2. The Balaban J connectivity index is 1.35. The highest BCUT2D eigenvalue weighted by molar-refractivity contribution is 7.89. The molecule has 2 N–H and O–H groups in total. The van der Waals surface area contributed by atoms with E-state index in [0.29, 0.717) is 19.0 Å². The summed E-state index contributed by atoms with van der Waals surface area (Å²) >= 11 is 1.50. The van der Waals surface area contributed by atoms with Crippen LogP contribution in [0, 0.1) is 11.6 Å². The summed E-state index contributed by atoms with van der Waals surface area (Å²) in [5, 5.41) is 6.00. The summed E-state index contributed by atoms with van der Waals surface area (Å²) in [5.74, 6) is -2.27. The van der Waals surface area contributed by atoms with E-state index in [0.717, 1.165) is 41.5 Å². The molecule has 0 saturated heterocycles. The zero-order valence-electron chi connectivity index (χ0n) is 15.4. The maximum Gasteiger partial charge on any atom is 0.240 e. The van der Waals surface area contributed by atoms with Crippen LogP contribution >= 0.6 is 11.3 Å². The SMILES string of the molecule is O=S(=O)(NCCCCCNc1nc(-c2ccccn2)cs1)c1ccc(F)c(F)c1. The Morgan fingerprint density at radius 2 is 1.79 bits per heavy atom. The molecule has 3 rings (SSSR count). The predicted octanol–water partition coefficient (Wildman–Crippen LogP) is 4.04. The van der Waals surface area contributed by atoms with E-state index < -0.39 is 21.7 Å². The predicted molar refractivity (Wildman–Crippen MR) is 109 cm³/mol. The van der Waals surface area contributed by atoms with E-state index in [4.69, 9.17) is 0 Å². The smallest absolute Gasteiger partial charge is 0.240 e. The average Bonchev–Trinajstić information content (AvgIpc) is 3.19. The van der Waals surface area contributed by atoms with Gasteiger partial charge in [-0.15, -0.1) is 11.3 Å². The Morgan fingerprint density at radius 1 is 0.966 bits per heavy atom. The quantitative estimate of drug-likeness (QED) is 0.467. The van der Waals surface area contributed by atoms with Crippen LogP contribution in [0.25, 0.3) is 11.4 Å². The van der Waals surface area contributed by atoms with Gasteiger partial charge >= 0.3 is 0 Å². The van der Waals surface area contributed by atoms with E-state index in [1.165, 1.54) is 11.3 Å². The van der Waals surface area contributed by atoms with Crippen LogP contribution < -0.4 is 10.0 Å². The summed E-state index contributed by atoms with van der Waals surface area (Å²) in [6, 6.07) is 8.18.